The van der Waals surface area contributed by atoms with Gasteiger partial charge in [-0.3, -0.25) is 0 Å². The molecule has 0 N–H and O–H groups in total. The van der Waals surface area contributed by atoms with Crippen molar-refractivity contribution in [2.75, 3.05) is 0 Å². The zero-order chi connectivity index (χ0) is 9.69. The monoisotopic (exact) mass is 186 g/mol. The molecule has 0 fully saturated rings. The Hall–Kier alpha value is -0.990. The third-order valence-corrected chi connectivity index (χ3v) is 2.78. The van der Waals surface area contributed by atoms with Gasteiger partial charge in [0.2, 0.25) is 0 Å². The van der Waals surface area contributed by atoms with Gasteiger partial charge in [0.05, 0.1) is 5.41 Å². The molecule has 1 aromatic rings. The molecule has 0 nitrogen and oxygen atoms in total. The second-order valence-electron chi connectivity index (χ2n) is 3.66. The molecule has 3 heteroatoms. The first kappa shape index (κ1) is 8.60. The maximum absolute atomic E-state index is 12.6. The summed E-state index contributed by atoms with van der Waals surface area (Å²) in [7, 11) is 0. The van der Waals surface area contributed by atoms with Crippen LogP contribution in [0.15, 0.2) is 24.3 Å². The summed E-state index contributed by atoms with van der Waals surface area (Å²) in [6, 6.07) is 6.74. The molecule has 0 bridgehead atoms. The van der Waals surface area contributed by atoms with Crippen molar-refractivity contribution in [2.24, 2.45) is 0 Å². The number of fused-ring (bicyclic) bond motifs is 1. The lowest BCUT2D eigenvalue weighted by atomic mass is 9.65. The number of benzene rings is 1. The van der Waals surface area contributed by atoms with Crippen molar-refractivity contribution in [2.45, 2.75) is 24.9 Å². The van der Waals surface area contributed by atoms with Gasteiger partial charge in [-0.1, -0.05) is 24.3 Å². The van der Waals surface area contributed by atoms with Crippen LogP contribution in [0, 0.1) is 0 Å². The van der Waals surface area contributed by atoms with Gasteiger partial charge in [0.25, 0.3) is 0 Å². The molecule has 0 amide bonds. The second kappa shape index (κ2) is 2.28. The second-order valence-corrected chi connectivity index (χ2v) is 3.66. The minimum atomic E-state index is -4.12. The quantitative estimate of drug-likeness (QED) is 0.584. The SMILES string of the molecule is CC1(C(F)(F)F)Cc2ccccc21. The highest BCUT2D eigenvalue weighted by Crippen LogP contribution is 2.51. The van der Waals surface area contributed by atoms with Gasteiger partial charge in [0.1, 0.15) is 0 Å². The lowest BCUT2D eigenvalue weighted by Crippen LogP contribution is -2.48. The van der Waals surface area contributed by atoms with Crippen LogP contribution in [-0.2, 0) is 11.8 Å². The fourth-order valence-corrected chi connectivity index (χ4v) is 1.84. The van der Waals surface area contributed by atoms with E-state index in [4.69, 9.17) is 0 Å². The van der Waals surface area contributed by atoms with E-state index in [9.17, 15) is 13.2 Å². The molecule has 0 aliphatic heterocycles. The molecule has 0 spiro atoms. The van der Waals surface area contributed by atoms with E-state index in [1.807, 2.05) is 0 Å². The third-order valence-electron chi connectivity index (χ3n) is 2.78. The maximum Gasteiger partial charge on any atom is 0.398 e. The molecule has 70 valence electrons. The Balaban J connectivity index is 2.45. The van der Waals surface area contributed by atoms with Crippen molar-refractivity contribution in [3.8, 4) is 0 Å². The van der Waals surface area contributed by atoms with E-state index >= 15 is 0 Å². The van der Waals surface area contributed by atoms with Crippen molar-refractivity contribution in [1.29, 1.82) is 0 Å². The molecular weight excluding hydrogens is 177 g/mol. The Labute approximate surface area is 74.4 Å². The minimum absolute atomic E-state index is 0.118. The Kier molecular flexibility index (Phi) is 1.51. The number of rotatable bonds is 0. The van der Waals surface area contributed by atoms with Crippen molar-refractivity contribution >= 4 is 0 Å². The highest BCUT2D eigenvalue weighted by Gasteiger charge is 2.57. The van der Waals surface area contributed by atoms with E-state index in [2.05, 4.69) is 0 Å². The normalized spacial score (nSPS) is 26.5. The molecule has 1 aromatic carbocycles. The summed E-state index contributed by atoms with van der Waals surface area (Å²) in [5.41, 5.74) is -0.353. The van der Waals surface area contributed by atoms with Gasteiger partial charge >= 0.3 is 6.18 Å². The summed E-state index contributed by atoms with van der Waals surface area (Å²) in [4.78, 5) is 0. The van der Waals surface area contributed by atoms with Crippen LogP contribution in [0.3, 0.4) is 0 Å². The minimum Gasteiger partial charge on any atom is -0.170 e. The van der Waals surface area contributed by atoms with E-state index in [1.165, 1.54) is 6.92 Å². The van der Waals surface area contributed by atoms with Crippen LogP contribution in [0.2, 0.25) is 0 Å². The lowest BCUT2D eigenvalue weighted by Gasteiger charge is -2.42. The van der Waals surface area contributed by atoms with Gasteiger partial charge in [-0.2, -0.15) is 13.2 Å². The summed E-state index contributed by atoms with van der Waals surface area (Å²) in [6.45, 7) is 1.26. The highest BCUT2D eigenvalue weighted by molar-refractivity contribution is 5.45. The van der Waals surface area contributed by atoms with Crippen LogP contribution < -0.4 is 0 Å². The zero-order valence-corrected chi connectivity index (χ0v) is 7.15. The molecule has 2 rings (SSSR count). The molecule has 0 saturated carbocycles. The van der Waals surface area contributed by atoms with Crippen LogP contribution in [-0.4, -0.2) is 6.18 Å². The first-order chi connectivity index (χ1) is 5.95. The average molecular weight is 186 g/mol. The lowest BCUT2D eigenvalue weighted by molar-refractivity contribution is -0.192. The van der Waals surface area contributed by atoms with E-state index in [0.717, 1.165) is 5.56 Å². The Morgan fingerprint density at radius 1 is 1.23 bits per heavy atom. The first-order valence-electron chi connectivity index (χ1n) is 4.10. The molecule has 1 aliphatic rings. The molecular formula is C10H9F3. The summed E-state index contributed by atoms with van der Waals surface area (Å²) in [5.74, 6) is 0. The average Bonchev–Trinajstić information content (AvgIpc) is 2.00. The number of halogens is 3. The van der Waals surface area contributed by atoms with Crippen LogP contribution in [0.25, 0.3) is 0 Å². The van der Waals surface area contributed by atoms with Gasteiger partial charge in [-0.15, -0.1) is 0 Å². The molecule has 0 saturated heterocycles. The standard InChI is InChI=1S/C10H9F3/c1-9(10(11,12)13)6-7-4-2-3-5-8(7)9/h2-5H,6H2,1H3. The van der Waals surface area contributed by atoms with Crippen LogP contribution >= 0.6 is 0 Å². The Morgan fingerprint density at radius 2 is 1.85 bits per heavy atom. The van der Waals surface area contributed by atoms with Gasteiger partial charge < -0.3 is 0 Å². The number of hydrogen-bond acceptors (Lipinski definition) is 0. The van der Waals surface area contributed by atoms with Gasteiger partial charge in [-0.25, -0.2) is 0 Å². The van der Waals surface area contributed by atoms with E-state index in [0.29, 0.717) is 5.56 Å². The van der Waals surface area contributed by atoms with E-state index in [1.54, 1.807) is 24.3 Å². The summed E-state index contributed by atoms with van der Waals surface area (Å²) in [6.07, 6.45) is -4.01. The molecule has 13 heavy (non-hydrogen) atoms. The van der Waals surface area contributed by atoms with E-state index in [-0.39, 0.29) is 6.42 Å². The van der Waals surface area contributed by atoms with Crippen molar-refractivity contribution in [3.63, 3.8) is 0 Å². The third kappa shape index (κ3) is 0.992. The predicted molar refractivity (Wildman–Crippen MR) is 43.6 cm³/mol. The van der Waals surface area contributed by atoms with Crippen molar-refractivity contribution in [1.82, 2.24) is 0 Å². The highest BCUT2D eigenvalue weighted by atomic mass is 19.4. The Morgan fingerprint density at radius 3 is 2.38 bits per heavy atom. The van der Waals surface area contributed by atoms with Gasteiger partial charge in [0.15, 0.2) is 0 Å². The smallest absolute Gasteiger partial charge is 0.170 e. The summed E-state index contributed by atoms with van der Waals surface area (Å²) in [5, 5.41) is 0. The van der Waals surface area contributed by atoms with Crippen LogP contribution in [0.5, 0.6) is 0 Å². The molecule has 0 aromatic heterocycles. The zero-order valence-electron chi connectivity index (χ0n) is 7.15. The van der Waals surface area contributed by atoms with Crippen molar-refractivity contribution < 1.29 is 13.2 Å². The largest absolute Gasteiger partial charge is 0.398 e. The number of alkyl halides is 3. The summed E-state index contributed by atoms with van der Waals surface area (Å²) >= 11 is 0. The van der Waals surface area contributed by atoms with E-state index < -0.39 is 11.6 Å². The molecule has 1 unspecified atom stereocenters. The fourth-order valence-electron chi connectivity index (χ4n) is 1.84. The number of hydrogen-bond donors (Lipinski definition) is 0. The Bertz CT molecular complexity index is 340. The van der Waals surface area contributed by atoms with Gasteiger partial charge in [-0.05, 0) is 24.5 Å². The van der Waals surface area contributed by atoms with Crippen LogP contribution in [0.1, 0.15) is 18.1 Å². The predicted octanol–water partition coefficient (Wildman–Crippen LogP) is 3.06. The van der Waals surface area contributed by atoms with Crippen molar-refractivity contribution in [3.05, 3.63) is 35.4 Å². The van der Waals surface area contributed by atoms with Gasteiger partial charge in [0, 0.05) is 0 Å². The molecule has 0 radical (unpaired) electrons. The fraction of sp³-hybridized carbons (Fsp3) is 0.400. The molecule has 1 atom stereocenters. The maximum atomic E-state index is 12.6. The summed E-state index contributed by atoms with van der Waals surface area (Å²) < 4.78 is 37.7. The topological polar surface area (TPSA) is 0 Å². The molecule has 1 aliphatic carbocycles. The van der Waals surface area contributed by atoms with Crippen LogP contribution in [0.4, 0.5) is 13.2 Å². The molecule has 0 heterocycles. The first-order valence-corrected chi connectivity index (χ1v) is 4.10.